The predicted molar refractivity (Wildman–Crippen MR) is 70.5 cm³/mol. The van der Waals surface area contributed by atoms with E-state index in [0.29, 0.717) is 0 Å². The van der Waals surface area contributed by atoms with Crippen molar-refractivity contribution >= 4 is 39.0 Å². The summed E-state index contributed by atoms with van der Waals surface area (Å²) < 4.78 is 30.7. The summed E-state index contributed by atoms with van der Waals surface area (Å²) in [5, 5.41) is -0.0650. The van der Waals surface area contributed by atoms with Gasteiger partial charge in [-0.15, -0.1) is 0 Å². The highest BCUT2D eigenvalue weighted by Gasteiger charge is 2.13. The number of sulfonamides is 1. The van der Waals surface area contributed by atoms with Crippen LogP contribution in [0, 0.1) is 0 Å². The zero-order valence-electron chi connectivity index (χ0n) is 9.85. The van der Waals surface area contributed by atoms with Gasteiger partial charge in [0, 0.05) is 6.07 Å². The second kappa shape index (κ2) is 6.51. The van der Waals surface area contributed by atoms with Crippen LogP contribution in [0.4, 0.5) is 5.82 Å². The molecule has 0 amide bonds. The number of halogens is 2. The molecule has 0 saturated carbocycles. The Hall–Kier alpha value is -0.630. The van der Waals surface area contributed by atoms with Crippen LogP contribution in [0.15, 0.2) is 6.07 Å². The highest BCUT2D eigenvalue weighted by atomic mass is 35.5. The summed E-state index contributed by atoms with van der Waals surface area (Å²) in [7, 11) is -3.55. The highest BCUT2D eigenvalue weighted by molar-refractivity contribution is 7.92. The largest absolute Gasteiger partial charge is 0.378 e. The summed E-state index contributed by atoms with van der Waals surface area (Å²) in [6.45, 7) is 3.74. The summed E-state index contributed by atoms with van der Waals surface area (Å²) in [5.74, 6) is -0.144. The molecule has 0 unspecified atom stereocenters. The average molecular weight is 314 g/mol. The fourth-order valence-corrected chi connectivity index (χ4v) is 2.30. The van der Waals surface area contributed by atoms with Crippen molar-refractivity contribution in [3.63, 3.8) is 0 Å². The zero-order chi connectivity index (χ0) is 13.8. The lowest BCUT2D eigenvalue weighted by atomic mass is 10.5. The molecule has 1 aromatic rings. The van der Waals surface area contributed by atoms with Crippen molar-refractivity contribution in [2.75, 3.05) is 17.1 Å². The molecule has 0 atom stereocenters. The third-order valence-corrected chi connectivity index (χ3v) is 3.32. The number of aromatic nitrogens is 2. The molecular formula is C9H13Cl2N3O3S. The van der Waals surface area contributed by atoms with Gasteiger partial charge in [0.2, 0.25) is 15.3 Å². The first-order chi connectivity index (χ1) is 8.28. The van der Waals surface area contributed by atoms with E-state index in [1.807, 2.05) is 13.8 Å². The number of anilines is 1. The zero-order valence-corrected chi connectivity index (χ0v) is 12.2. The van der Waals surface area contributed by atoms with Gasteiger partial charge in [-0.05, 0) is 25.4 Å². The van der Waals surface area contributed by atoms with Gasteiger partial charge >= 0.3 is 0 Å². The van der Waals surface area contributed by atoms with Crippen LogP contribution < -0.4 is 4.72 Å². The second-order valence-electron chi connectivity index (χ2n) is 3.69. The van der Waals surface area contributed by atoms with Crippen LogP contribution in [0.3, 0.4) is 0 Å². The van der Waals surface area contributed by atoms with E-state index >= 15 is 0 Å². The Morgan fingerprint density at radius 2 is 2.06 bits per heavy atom. The van der Waals surface area contributed by atoms with Crippen molar-refractivity contribution in [1.29, 1.82) is 0 Å². The van der Waals surface area contributed by atoms with Gasteiger partial charge in [0.05, 0.1) is 18.5 Å². The second-order valence-corrected chi connectivity index (χ2v) is 6.25. The first kappa shape index (κ1) is 15.4. The highest BCUT2D eigenvalue weighted by Crippen LogP contribution is 2.15. The van der Waals surface area contributed by atoms with E-state index in [1.54, 1.807) is 0 Å². The Labute approximate surface area is 116 Å². The van der Waals surface area contributed by atoms with Crippen molar-refractivity contribution in [3.8, 4) is 0 Å². The smallest absolute Gasteiger partial charge is 0.236 e. The number of hydrogen-bond donors (Lipinski definition) is 1. The van der Waals surface area contributed by atoms with E-state index < -0.39 is 10.0 Å². The fourth-order valence-electron chi connectivity index (χ4n) is 1.05. The third-order valence-electron chi connectivity index (χ3n) is 1.73. The quantitative estimate of drug-likeness (QED) is 0.641. The fraction of sp³-hybridized carbons (Fsp3) is 0.556. The number of nitrogens with one attached hydrogen (secondary N) is 1. The molecule has 0 radical (unpaired) electrons. The van der Waals surface area contributed by atoms with E-state index in [4.69, 9.17) is 27.9 Å². The summed E-state index contributed by atoms with van der Waals surface area (Å²) in [6.07, 6.45) is -0.0249. The summed E-state index contributed by atoms with van der Waals surface area (Å²) >= 11 is 11.2. The molecule has 6 nitrogen and oxygen atoms in total. The van der Waals surface area contributed by atoms with E-state index in [-0.39, 0.29) is 34.7 Å². The molecule has 0 saturated heterocycles. The Kier molecular flexibility index (Phi) is 5.58. The van der Waals surface area contributed by atoms with Crippen molar-refractivity contribution in [2.45, 2.75) is 20.0 Å². The van der Waals surface area contributed by atoms with E-state index in [1.165, 1.54) is 6.07 Å². The summed E-state index contributed by atoms with van der Waals surface area (Å²) in [6, 6.07) is 1.27. The monoisotopic (exact) mass is 313 g/mol. The van der Waals surface area contributed by atoms with E-state index in [2.05, 4.69) is 14.7 Å². The molecule has 1 heterocycles. The van der Waals surface area contributed by atoms with E-state index in [9.17, 15) is 8.42 Å². The molecule has 1 aromatic heterocycles. The van der Waals surface area contributed by atoms with Crippen molar-refractivity contribution in [1.82, 2.24) is 9.97 Å². The van der Waals surface area contributed by atoms with Crippen LogP contribution in [0.25, 0.3) is 0 Å². The van der Waals surface area contributed by atoms with Crippen molar-refractivity contribution in [3.05, 3.63) is 16.5 Å². The summed E-state index contributed by atoms with van der Waals surface area (Å²) in [5.41, 5.74) is 0. The van der Waals surface area contributed by atoms with Gasteiger partial charge in [0.25, 0.3) is 0 Å². The van der Waals surface area contributed by atoms with Crippen LogP contribution in [0.1, 0.15) is 13.8 Å². The van der Waals surface area contributed by atoms with Crippen molar-refractivity contribution in [2.24, 2.45) is 0 Å². The minimum absolute atomic E-state index is 0.0249. The lowest BCUT2D eigenvalue weighted by molar-refractivity contribution is 0.0913. The molecule has 0 aromatic carbocycles. The Morgan fingerprint density at radius 3 is 2.61 bits per heavy atom. The van der Waals surface area contributed by atoms with Gasteiger partial charge in [0.1, 0.15) is 11.0 Å². The van der Waals surface area contributed by atoms with E-state index in [0.717, 1.165) is 0 Å². The molecule has 0 fully saturated rings. The number of ether oxygens (including phenoxy) is 1. The molecule has 0 aliphatic carbocycles. The molecule has 0 spiro atoms. The Balaban J connectivity index is 2.64. The molecule has 102 valence electrons. The molecule has 0 bridgehead atoms. The van der Waals surface area contributed by atoms with Crippen LogP contribution in [-0.4, -0.2) is 36.8 Å². The number of hydrogen-bond acceptors (Lipinski definition) is 5. The lowest BCUT2D eigenvalue weighted by Gasteiger charge is -2.09. The molecule has 9 heteroatoms. The number of nitrogens with zero attached hydrogens (tertiary/aromatic N) is 2. The molecule has 1 N–H and O–H groups in total. The van der Waals surface area contributed by atoms with Crippen LogP contribution in [0.5, 0.6) is 0 Å². The Morgan fingerprint density at radius 1 is 1.39 bits per heavy atom. The molecular weight excluding hydrogens is 301 g/mol. The van der Waals surface area contributed by atoms with Crippen LogP contribution >= 0.6 is 23.2 Å². The van der Waals surface area contributed by atoms with Gasteiger partial charge in [-0.2, -0.15) is 4.98 Å². The number of rotatable bonds is 6. The maximum absolute atomic E-state index is 11.7. The summed E-state index contributed by atoms with van der Waals surface area (Å²) in [4.78, 5) is 7.31. The predicted octanol–water partition coefficient (Wildman–Crippen LogP) is 1.95. The first-order valence-corrected chi connectivity index (χ1v) is 7.51. The molecule has 0 aliphatic rings. The lowest BCUT2D eigenvalue weighted by Crippen LogP contribution is -2.22. The molecule has 0 aliphatic heterocycles. The third kappa shape index (κ3) is 5.81. The first-order valence-electron chi connectivity index (χ1n) is 5.10. The topological polar surface area (TPSA) is 81.2 Å². The van der Waals surface area contributed by atoms with Crippen LogP contribution in [0.2, 0.25) is 10.4 Å². The normalized spacial score (nSPS) is 11.8. The maximum Gasteiger partial charge on any atom is 0.236 e. The van der Waals surface area contributed by atoms with Crippen LogP contribution in [-0.2, 0) is 14.8 Å². The standard InChI is InChI=1S/C9H13Cl2N3O3S/c1-6(2)17-3-4-18(15,16)14-8-5-7(10)12-9(11)13-8/h5-6H,3-4H2,1-2H3,(H,12,13,14). The molecule has 18 heavy (non-hydrogen) atoms. The SMILES string of the molecule is CC(C)OCCS(=O)(=O)Nc1cc(Cl)nc(Cl)n1. The minimum Gasteiger partial charge on any atom is -0.378 e. The van der Waals surface area contributed by atoms with Gasteiger partial charge < -0.3 is 4.74 Å². The minimum atomic E-state index is -3.55. The van der Waals surface area contributed by atoms with Gasteiger partial charge in [-0.25, -0.2) is 13.4 Å². The maximum atomic E-state index is 11.7. The van der Waals surface area contributed by atoms with Gasteiger partial charge in [-0.1, -0.05) is 11.6 Å². The Bertz CT molecular complexity index is 488. The average Bonchev–Trinajstić information content (AvgIpc) is 2.12. The molecule has 1 rings (SSSR count). The van der Waals surface area contributed by atoms with Gasteiger partial charge in [-0.3, -0.25) is 4.72 Å². The van der Waals surface area contributed by atoms with Crippen molar-refractivity contribution < 1.29 is 13.2 Å². The van der Waals surface area contributed by atoms with Gasteiger partial charge in [0.15, 0.2) is 0 Å².